The van der Waals surface area contributed by atoms with E-state index in [2.05, 4.69) is 4.98 Å². The molecule has 0 aliphatic rings. The maximum absolute atomic E-state index is 11.7. The summed E-state index contributed by atoms with van der Waals surface area (Å²) in [5, 5.41) is 0.867. The second kappa shape index (κ2) is 4.05. The molecule has 0 amide bonds. The Morgan fingerprint density at radius 2 is 2.00 bits per heavy atom. The van der Waals surface area contributed by atoms with Crippen LogP contribution in [0.4, 0.5) is 0 Å². The van der Waals surface area contributed by atoms with Gasteiger partial charge in [-0.1, -0.05) is 6.07 Å². The molecule has 1 N–H and O–H groups in total. The van der Waals surface area contributed by atoms with E-state index < -0.39 is 0 Å². The molecule has 17 heavy (non-hydrogen) atoms. The Balaban J connectivity index is 3.05. The number of benzene rings is 1. The molecular weight excluding hydrogens is 218 g/mol. The largest absolute Gasteiger partial charge is 0.495 e. The van der Waals surface area contributed by atoms with Crippen molar-refractivity contribution in [2.75, 3.05) is 7.11 Å². The zero-order valence-corrected chi connectivity index (χ0v) is 9.96. The standard InChI is InChI=1S/C13H13NO3/c1-7-4-5-10(17-3)12-11(7)8(2)9(6-15)13(16)14-12/h4-6H,1-3H3,(H,14,16). The first-order chi connectivity index (χ1) is 8.10. The highest BCUT2D eigenvalue weighted by molar-refractivity contribution is 5.94. The highest BCUT2D eigenvalue weighted by atomic mass is 16.5. The van der Waals surface area contributed by atoms with Gasteiger partial charge in [0, 0.05) is 5.39 Å². The molecule has 4 heteroatoms. The number of aldehydes is 1. The lowest BCUT2D eigenvalue weighted by Gasteiger charge is -2.11. The highest BCUT2D eigenvalue weighted by Crippen LogP contribution is 2.28. The summed E-state index contributed by atoms with van der Waals surface area (Å²) in [6.45, 7) is 3.70. The molecular formula is C13H13NO3. The lowest BCUT2D eigenvalue weighted by molar-refractivity contribution is 0.112. The summed E-state index contributed by atoms with van der Waals surface area (Å²) in [4.78, 5) is 25.3. The molecule has 0 aliphatic carbocycles. The van der Waals surface area contributed by atoms with Gasteiger partial charge in [0.25, 0.3) is 5.56 Å². The molecule has 0 aliphatic heterocycles. The van der Waals surface area contributed by atoms with E-state index in [9.17, 15) is 9.59 Å². The van der Waals surface area contributed by atoms with Crippen molar-refractivity contribution in [3.05, 3.63) is 39.2 Å². The molecule has 2 rings (SSSR count). The van der Waals surface area contributed by atoms with Crippen molar-refractivity contribution in [1.29, 1.82) is 0 Å². The fourth-order valence-electron chi connectivity index (χ4n) is 2.09. The molecule has 0 bridgehead atoms. The van der Waals surface area contributed by atoms with Crippen LogP contribution in [0.15, 0.2) is 16.9 Å². The van der Waals surface area contributed by atoms with E-state index >= 15 is 0 Å². The fraction of sp³-hybridized carbons (Fsp3) is 0.231. The van der Waals surface area contributed by atoms with Crippen molar-refractivity contribution in [1.82, 2.24) is 4.98 Å². The van der Waals surface area contributed by atoms with Gasteiger partial charge in [-0.2, -0.15) is 0 Å². The maximum atomic E-state index is 11.7. The van der Waals surface area contributed by atoms with Crippen LogP contribution < -0.4 is 10.3 Å². The van der Waals surface area contributed by atoms with Gasteiger partial charge in [0.05, 0.1) is 18.2 Å². The maximum Gasteiger partial charge on any atom is 0.259 e. The normalized spacial score (nSPS) is 10.5. The Kier molecular flexibility index (Phi) is 2.71. The second-order valence-electron chi connectivity index (χ2n) is 3.95. The number of rotatable bonds is 2. The van der Waals surface area contributed by atoms with Crippen molar-refractivity contribution in [2.45, 2.75) is 13.8 Å². The molecule has 1 aromatic carbocycles. The molecule has 88 valence electrons. The van der Waals surface area contributed by atoms with Crippen LogP contribution in [0.3, 0.4) is 0 Å². The third-order valence-corrected chi connectivity index (χ3v) is 2.98. The van der Waals surface area contributed by atoms with E-state index in [1.54, 1.807) is 20.1 Å². The first-order valence-electron chi connectivity index (χ1n) is 5.25. The van der Waals surface area contributed by atoms with Crippen LogP contribution in [-0.2, 0) is 0 Å². The number of hydrogen-bond donors (Lipinski definition) is 1. The van der Waals surface area contributed by atoms with Gasteiger partial charge in [0.2, 0.25) is 0 Å². The lowest BCUT2D eigenvalue weighted by atomic mass is 10.0. The van der Waals surface area contributed by atoms with Gasteiger partial charge in [-0.05, 0) is 31.0 Å². The predicted octanol–water partition coefficient (Wildman–Crippen LogP) is 1.97. The smallest absolute Gasteiger partial charge is 0.259 e. The number of H-pyrrole nitrogens is 1. The van der Waals surface area contributed by atoms with Crippen molar-refractivity contribution >= 4 is 17.2 Å². The summed E-state index contributed by atoms with van der Waals surface area (Å²) in [6, 6.07) is 3.70. The number of carbonyl (C=O) groups excluding carboxylic acids is 1. The third kappa shape index (κ3) is 1.62. The third-order valence-electron chi connectivity index (χ3n) is 2.98. The minimum Gasteiger partial charge on any atom is -0.495 e. The second-order valence-corrected chi connectivity index (χ2v) is 3.95. The first kappa shape index (κ1) is 11.4. The van der Waals surface area contributed by atoms with Gasteiger partial charge < -0.3 is 9.72 Å². The number of nitrogens with one attached hydrogen (secondary N) is 1. The molecule has 0 unspecified atom stereocenters. The Bertz CT molecular complexity index is 656. The van der Waals surface area contributed by atoms with Crippen LogP contribution in [-0.4, -0.2) is 18.4 Å². The van der Waals surface area contributed by atoms with Crippen LogP contribution in [0.1, 0.15) is 21.5 Å². The highest BCUT2D eigenvalue weighted by Gasteiger charge is 2.13. The minimum absolute atomic E-state index is 0.175. The van der Waals surface area contributed by atoms with Crippen LogP contribution >= 0.6 is 0 Å². The van der Waals surface area contributed by atoms with E-state index in [1.165, 1.54) is 0 Å². The molecule has 1 heterocycles. The average Bonchev–Trinajstić information content (AvgIpc) is 2.29. The number of aryl methyl sites for hydroxylation is 2. The molecule has 0 spiro atoms. The topological polar surface area (TPSA) is 59.2 Å². The van der Waals surface area contributed by atoms with Crippen molar-refractivity contribution in [2.24, 2.45) is 0 Å². The molecule has 0 saturated heterocycles. The molecule has 0 fully saturated rings. The van der Waals surface area contributed by atoms with Gasteiger partial charge in [-0.25, -0.2) is 0 Å². The lowest BCUT2D eigenvalue weighted by Crippen LogP contribution is -2.15. The van der Waals surface area contributed by atoms with Crippen LogP contribution in [0.5, 0.6) is 5.75 Å². The number of carbonyl (C=O) groups is 1. The van der Waals surface area contributed by atoms with Crippen molar-refractivity contribution in [3.8, 4) is 5.75 Å². The summed E-state index contributed by atoms with van der Waals surface area (Å²) in [7, 11) is 1.55. The minimum atomic E-state index is -0.381. The average molecular weight is 231 g/mol. The number of aromatic amines is 1. The zero-order valence-electron chi connectivity index (χ0n) is 9.96. The molecule has 2 aromatic rings. The number of fused-ring (bicyclic) bond motifs is 1. The van der Waals surface area contributed by atoms with Gasteiger partial charge >= 0.3 is 0 Å². The number of hydrogen-bond acceptors (Lipinski definition) is 3. The Morgan fingerprint density at radius 1 is 1.29 bits per heavy atom. The molecule has 0 atom stereocenters. The Morgan fingerprint density at radius 3 is 2.59 bits per heavy atom. The van der Waals surface area contributed by atoms with Crippen LogP contribution in [0.25, 0.3) is 10.9 Å². The molecule has 1 aromatic heterocycles. The van der Waals surface area contributed by atoms with Crippen LogP contribution in [0.2, 0.25) is 0 Å². The quantitative estimate of drug-likeness (QED) is 0.804. The molecule has 0 radical (unpaired) electrons. The van der Waals surface area contributed by atoms with Crippen LogP contribution in [0, 0.1) is 13.8 Å². The SMILES string of the molecule is COc1ccc(C)c2c(C)c(C=O)c(=O)[nH]c12. The van der Waals surface area contributed by atoms with E-state index in [0.29, 0.717) is 23.1 Å². The number of aromatic nitrogens is 1. The molecule has 4 nitrogen and oxygen atoms in total. The monoisotopic (exact) mass is 231 g/mol. The van der Waals surface area contributed by atoms with Gasteiger partial charge in [0.15, 0.2) is 6.29 Å². The summed E-state index contributed by atoms with van der Waals surface area (Å²) >= 11 is 0. The number of pyridine rings is 1. The summed E-state index contributed by atoms with van der Waals surface area (Å²) in [5.41, 5.74) is 2.12. The van der Waals surface area contributed by atoms with E-state index in [-0.39, 0.29) is 11.1 Å². The van der Waals surface area contributed by atoms with E-state index in [4.69, 9.17) is 4.74 Å². The van der Waals surface area contributed by atoms with Crippen molar-refractivity contribution in [3.63, 3.8) is 0 Å². The summed E-state index contributed by atoms with van der Waals surface area (Å²) < 4.78 is 5.21. The zero-order chi connectivity index (χ0) is 12.6. The van der Waals surface area contributed by atoms with E-state index in [1.807, 2.05) is 13.0 Å². The Hall–Kier alpha value is -2.10. The molecule has 0 saturated carbocycles. The summed E-state index contributed by atoms with van der Waals surface area (Å²) in [6.07, 6.45) is 0.590. The van der Waals surface area contributed by atoms with E-state index in [0.717, 1.165) is 10.9 Å². The number of ether oxygens (including phenoxy) is 1. The summed E-state index contributed by atoms with van der Waals surface area (Å²) in [5.74, 6) is 0.600. The van der Waals surface area contributed by atoms with Crippen molar-refractivity contribution < 1.29 is 9.53 Å². The predicted molar refractivity (Wildman–Crippen MR) is 66.0 cm³/mol. The fourth-order valence-corrected chi connectivity index (χ4v) is 2.09. The van der Waals surface area contributed by atoms with Gasteiger partial charge in [-0.15, -0.1) is 0 Å². The first-order valence-corrected chi connectivity index (χ1v) is 5.25. The Labute approximate surface area is 98.2 Å². The van der Waals surface area contributed by atoms with Gasteiger partial charge in [-0.3, -0.25) is 9.59 Å². The number of methoxy groups -OCH3 is 1. The van der Waals surface area contributed by atoms with Gasteiger partial charge in [0.1, 0.15) is 5.75 Å².